The van der Waals surface area contributed by atoms with Crippen molar-refractivity contribution in [2.24, 2.45) is 0 Å². The Morgan fingerprint density at radius 3 is 1.31 bits per heavy atom. The molecule has 12 nitrogen and oxygen atoms in total. The Morgan fingerprint density at radius 1 is 0.532 bits per heavy atom. The van der Waals surface area contributed by atoms with Gasteiger partial charge in [0, 0.05) is 37.3 Å². The highest BCUT2D eigenvalue weighted by molar-refractivity contribution is 5.91. The average Bonchev–Trinajstić information content (AvgIpc) is 3.27. The lowest BCUT2D eigenvalue weighted by Crippen LogP contribution is -2.39. The minimum absolute atomic E-state index is 0.0137. The molecule has 12 heteroatoms. The molecule has 0 bridgehead atoms. The molecular weight excluding hydrogens is 789 g/mol. The fourth-order valence-corrected chi connectivity index (χ4v) is 6.36. The monoisotopic (exact) mass is 850 g/mol. The summed E-state index contributed by atoms with van der Waals surface area (Å²) >= 11 is 0. The maximum Gasteiger partial charge on any atom is 0.331 e. The Balaban J connectivity index is 1.38. The lowest BCUT2D eigenvalue weighted by Gasteiger charge is -2.22. The van der Waals surface area contributed by atoms with E-state index in [1.165, 1.54) is 11.1 Å². The third-order valence-electron chi connectivity index (χ3n) is 9.70. The van der Waals surface area contributed by atoms with Gasteiger partial charge in [-0.2, -0.15) is 0 Å². The highest BCUT2D eigenvalue weighted by Crippen LogP contribution is 2.17. The normalized spacial score (nSPS) is 13.0. The molecule has 4 atom stereocenters. The number of ether oxygens (including phenoxy) is 6. The van der Waals surface area contributed by atoms with Crippen molar-refractivity contribution in [3.05, 3.63) is 144 Å². The number of aryl methyl sites for hydroxylation is 2. The van der Waals surface area contributed by atoms with Crippen LogP contribution in [-0.4, -0.2) is 87.7 Å². The summed E-state index contributed by atoms with van der Waals surface area (Å²) in [7, 11) is 0. The summed E-state index contributed by atoms with van der Waals surface area (Å²) < 4.78 is 33.9. The number of hydrogen-bond donors (Lipinski definition) is 2. The summed E-state index contributed by atoms with van der Waals surface area (Å²) in [6.07, 6.45) is 4.32. The topological polar surface area (TPSA) is 148 Å². The van der Waals surface area contributed by atoms with Crippen LogP contribution in [-0.2, 0) is 63.8 Å². The molecular formula is C50H62N2O10. The first-order valence-electron chi connectivity index (χ1n) is 21.5. The first kappa shape index (κ1) is 48.7. The molecule has 0 aromatic heterocycles. The van der Waals surface area contributed by atoms with Gasteiger partial charge in [-0.05, 0) is 99.9 Å². The van der Waals surface area contributed by atoms with Gasteiger partial charge in [-0.3, -0.25) is 9.59 Å². The van der Waals surface area contributed by atoms with Gasteiger partial charge in [0.15, 0.2) is 0 Å². The van der Waals surface area contributed by atoms with Gasteiger partial charge >= 0.3 is 23.9 Å². The summed E-state index contributed by atoms with van der Waals surface area (Å²) in [5.74, 6) is -1.15. The van der Waals surface area contributed by atoms with Crippen molar-refractivity contribution in [2.45, 2.75) is 90.5 Å². The standard InChI is InChI=1S/C50H62N2O10/c1-5-57-49(55)31-41-19-13-21-43(29-41)59-35-45(33-51-37(3)23-25-39-15-9-7-10-16-39)61-47(53)27-28-48(54)62-46(34-52-38(4)24-26-40-17-11-8-12-18-40)36-60-44-22-14-20-42(30-44)32-50(56)58-6-2/h7-22,27-30,37-38,45-46,51-52H,5-6,23-26,31-36H2,1-4H3/b28-27+. The van der Waals surface area contributed by atoms with E-state index in [0.29, 0.717) is 24.7 Å². The number of carbonyl (C=O) groups is 4. The van der Waals surface area contributed by atoms with E-state index in [-0.39, 0.29) is 63.2 Å². The zero-order valence-corrected chi connectivity index (χ0v) is 36.4. The largest absolute Gasteiger partial charge is 0.490 e. The molecule has 62 heavy (non-hydrogen) atoms. The van der Waals surface area contributed by atoms with Gasteiger partial charge in [-0.15, -0.1) is 0 Å². The van der Waals surface area contributed by atoms with Crippen LogP contribution < -0.4 is 20.1 Å². The van der Waals surface area contributed by atoms with Crippen molar-refractivity contribution in [1.29, 1.82) is 0 Å². The van der Waals surface area contributed by atoms with Crippen LogP contribution >= 0.6 is 0 Å². The predicted octanol–water partition coefficient (Wildman–Crippen LogP) is 6.96. The minimum Gasteiger partial charge on any atom is -0.490 e. The highest BCUT2D eigenvalue weighted by atomic mass is 16.6. The first-order chi connectivity index (χ1) is 30.1. The third kappa shape index (κ3) is 20.1. The Labute approximate surface area is 366 Å². The summed E-state index contributed by atoms with van der Waals surface area (Å²) in [6, 6.07) is 34.8. The number of benzene rings is 4. The second-order valence-corrected chi connectivity index (χ2v) is 15.0. The van der Waals surface area contributed by atoms with Crippen LogP contribution in [0.3, 0.4) is 0 Å². The van der Waals surface area contributed by atoms with E-state index in [4.69, 9.17) is 28.4 Å². The zero-order valence-electron chi connectivity index (χ0n) is 36.4. The third-order valence-corrected chi connectivity index (χ3v) is 9.70. The SMILES string of the molecule is CCOC(=O)Cc1cccc(OCC(CNC(C)CCc2ccccc2)OC(=O)/C=C/C(=O)OC(CNC(C)CCc2ccccc2)COc2cccc(CC(=O)OCC)c2)c1. The van der Waals surface area contributed by atoms with Gasteiger partial charge in [0.05, 0.1) is 26.1 Å². The van der Waals surface area contributed by atoms with Crippen LogP contribution in [0, 0.1) is 0 Å². The van der Waals surface area contributed by atoms with E-state index in [0.717, 1.165) is 49.0 Å². The molecule has 0 aliphatic rings. The lowest BCUT2D eigenvalue weighted by molar-refractivity contribution is -0.147. The molecule has 4 unspecified atom stereocenters. The van der Waals surface area contributed by atoms with E-state index in [9.17, 15) is 19.2 Å². The lowest BCUT2D eigenvalue weighted by atomic mass is 10.1. The molecule has 0 heterocycles. The minimum atomic E-state index is -0.746. The molecule has 0 aliphatic heterocycles. The van der Waals surface area contributed by atoms with Gasteiger partial charge in [0.2, 0.25) is 0 Å². The van der Waals surface area contributed by atoms with Crippen molar-refractivity contribution in [3.63, 3.8) is 0 Å². The summed E-state index contributed by atoms with van der Waals surface area (Å²) in [4.78, 5) is 50.5. The second-order valence-electron chi connectivity index (χ2n) is 15.0. The smallest absolute Gasteiger partial charge is 0.331 e. The molecule has 4 aromatic rings. The van der Waals surface area contributed by atoms with E-state index in [1.807, 2.05) is 48.5 Å². The Kier molecular flexibility index (Phi) is 21.8. The van der Waals surface area contributed by atoms with Crippen molar-refractivity contribution < 1.29 is 47.6 Å². The molecule has 0 fully saturated rings. The predicted molar refractivity (Wildman–Crippen MR) is 238 cm³/mol. The van der Waals surface area contributed by atoms with Crippen LogP contribution in [0.5, 0.6) is 11.5 Å². The van der Waals surface area contributed by atoms with E-state index >= 15 is 0 Å². The number of hydrogen-bond acceptors (Lipinski definition) is 12. The van der Waals surface area contributed by atoms with Crippen molar-refractivity contribution in [2.75, 3.05) is 39.5 Å². The number of rotatable bonds is 28. The van der Waals surface area contributed by atoms with Crippen LogP contribution in [0.2, 0.25) is 0 Å². The van der Waals surface area contributed by atoms with Crippen LogP contribution in [0.25, 0.3) is 0 Å². The Hall–Kier alpha value is -5.98. The van der Waals surface area contributed by atoms with Gasteiger partial charge in [-0.25, -0.2) is 9.59 Å². The van der Waals surface area contributed by atoms with Crippen LogP contribution in [0.4, 0.5) is 0 Å². The zero-order chi connectivity index (χ0) is 44.4. The van der Waals surface area contributed by atoms with E-state index in [2.05, 4.69) is 48.7 Å². The summed E-state index contributed by atoms with van der Waals surface area (Å²) in [5.41, 5.74) is 3.92. The van der Waals surface area contributed by atoms with Crippen LogP contribution in [0.1, 0.15) is 62.8 Å². The number of carbonyl (C=O) groups excluding carboxylic acids is 4. The number of nitrogens with one attached hydrogen (secondary N) is 2. The summed E-state index contributed by atoms with van der Waals surface area (Å²) in [5, 5.41) is 6.89. The maximum atomic E-state index is 13.2. The molecule has 0 amide bonds. The molecule has 0 saturated heterocycles. The van der Waals surface area contributed by atoms with Gasteiger partial charge < -0.3 is 39.1 Å². The average molecular weight is 851 g/mol. The highest BCUT2D eigenvalue weighted by Gasteiger charge is 2.19. The fraction of sp³-hybridized carbons (Fsp3) is 0.400. The van der Waals surface area contributed by atoms with Crippen molar-refractivity contribution >= 4 is 23.9 Å². The van der Waals surface area contributed by atoms with Gasteiger partial charge in [0.1, 0.15) is 36.9 Å². The van der Waals surface area contributed by atoms with E-state index in [1.54, 1.807) is 50.2 Å². The molecule has 0 aliphatic carbocycles. The van der Waals surface area contributed by atoms with Gasteiger partial charge in [0.25, 0.3) is 0 Å². The molecule has 4 rings (SSSR count). The van der Waals surface area contributed by atoms with Crippen molar-refractivity contribution in [1.82, 2.24) is 10.6 Å². The van der Waals surface area contributed by atoms with Crippen molar-refractivity contribution in [3.8, 4) is 11.5 Å². The molecule has 4 aromatic carbocycles. The van der Waals surface area contributed by atoms with E-state index < -0.39 is 24.1 Å². The Bertz CT molecular complexity index is 1830. The molecule has 332 valence electrons. The van der Waals surface area contributed by atoms with Gasteiger partial charge in [-0.1, -0.05) is 84.9 Å². The van der Waals surface area contributed by atoms with Crippen LogP contribution in [0.15, 0.2) is 121 Å². The molecule has 0 radical (unpaired) electrons. The first-order valence-corrected chi connectivity index (χ1v) is 21.5. The second kappa shape index (κ2) is 27.8. The quantitative estimate of drug-likeness (QED) is 0.0346. The maximum absolute atomic E-state index is 13.2. The molecule has 2 N–H and O–H groups in total. The fourth-order valence-electron chi connectivity index (χ4n) is 6.36. The molecule has 0 spiro atoms. The number of esters is 4. The Morgan fingerprint density at radius 2 is 0.919 bits per heavy atom. The molecule has 0 saturated carbocycles. The summed E-state index contributed by atoms with van der Waals surface area (Å²) in [6.45, 7) is 8.84.